The third-order valence-corrected chi connectivity index (χ3v) is 7.58. The van der Waals surface area contributed by atoms with Crippen molar-refractivity contribution in [2.45, 2.75) is 50.1 Å². The Morgan fingerprint density at radius 2 is 1.71 bits per heavy atom. The molecule has 0 radical (unpaired) electrons. The van der Waals surface area contributed by atoms with E-state index in [0.717, 1.165) is 24.0 Å². The van der Waals surface area contributed by atoms with Gasteiger partial charge in [0.25, 0.3) is 0 Å². The first-order valence-corrected chi connectivity index (χ1v) is 13.5. The van der Waals surface area contributed by atoms with Crippen LogP contribution < -0.4 is 10.6 Å². The van der Waals surface area contributed by atoms with Gasteiger partial charge < -0.3 is 20.5 Å². The third kappa shape index (κ3) is 5.99. The number of carbonyl (C=O) groups excluding carboxylic acids is 2. The first kappa shape index (κ1) is 25.1. The molecular weight excluding hydrogens is 464 g/mol. The van der Waals surface area contributed by atoms with Gasteiger partial charge in [0.1, 0.15) is 12.6 Å². The lowest BCUT2D eigenvalue weighted by molar-refractivity contribution is -0.142. The molecular formula is C27H32N2O5S. The van der Waals surface area contributed by atoms with Gasteiger partial charge in [-0.05, 0) is 59.9 Å². The highest BCUT2D eigenvalue weighted by atomic mass is 32.2. The van der Waals surface area contributed by atoms with E-state index < -0.39 is 18.1 Å². The summed E-state index contributed by atoms with van der Waals surface area (Å²) >= 11 is 1.55. The van der Waals surface area contributed by atoms with E-state index in [4.69, 9.17) is 4.74 Å². The van der Waals surface area contributed by atoms with Crippen molar-refractivity contribution in [1.82, 2.24) is 10.6 Å². The molecule has 2 aliphatic rings. The van der Waals surface area contributed by atoms with E-state index in [1.54, 1.807) is 11.8 Å². The summed E-state index contributed by atoms with van der Waals surface area (Å²) in [4.78, 5) is 36.8. The fourth-order valence-electron chi connectivity index (χ4n) is 5.15. The molecule has 7 nitrogen and oxygen atoms in total. The number of carbonyl (C=O) groups is 3. The number of rotatable bonds is 9. The van der Waals surface area contributed by atoms with Crippen LogP contribution in [0.4, 0.5) is 4.79 Å². The Balaban J connectivity index is 1.30. The molecule has 2 amide bonds. The van der Waals surface area contributed by atoms with Crippen LogP contribution in [0.3, 0.4) is 0 Å². The summed E-state index contributed by atoms with van der Waals surface area (Å²) in [7, 11) is 0. The zero-order valence-corrected chi connectivity index (χ0v) is 20.7. The molecule has 35 heavy (non-hydrogen) atoms. The molecule has 0 heterocycles. The summed E-state index contributed by atoms with van der Waals surface area (Å²) in [5, 5.41) is 15.0. The molecule has 3 atom stereocenters. The van der Waals surface area contributed by atoms with Crippen LogP contribution in [-0.2, 0) is 14.3 Å². The van der Waals surface area contributed by atoms with Crippen LogP contribution in [0.15, 0.2) is 48.5 Å². The zero-order chi connectivity index (χ0) is 24.8. The van der Waals surface area contributed by atoms with Crippen molar-refractivity contribution in [2.24, 2.45) is 5.92 Å². The second kappa shape index (κ2) is 11.6. The van der Waals surface area contributed by atoms with Crippen LogP contribution in [0, 0.1) is 5.92 Å². The first-order chi connectivity index (χ1) is 17.0. The minimum atomic E-state index is -1.02. The van der Waals surface area contributed by atoms with Gasteiger partial charge in [0.05, 0.1) is 0 Å². The number of amides is 2. The van der Waals surface area contributed by atoms with Gasteiger partial charge >= 0.3 is 12.1 Å². The summed E-state index contributed by atoms with van der Waals surface area (Å²) in [6.07, 6.45) is 4.52. The lowest BCUT2D eigenvalue weighted by atomic mass is 9.85. The fourth-order valence-corrected chi connectivity index (χ4v) is 5.62. The molecule has 0 bridgehead atoms. The van der Waals surface area contributed by atoms with Gasteiger partial charge in [-0.1, -0.05) is 55.0 Å². The molecule has 0 spiro atoms. The Hall–Kier alpha value is -3.00. The largest absolute Gasteiger partial charge is 0.480 e. The number of aliphatic carboxylic acids is 1. The maximum absolute atomic E-state index is 12.7. The molecule has 2 aliphatic carbocycles. The number of carboxylic acids is 1. The summed E-state index contributed by atoms with van der Waals surface area (Å²) in [6.45, 7) is 0.242. The van der Waals surface area contributed by atoms with Gasteiger partial charge in [-0.25, -0.2) is 9.59 Å². The summed E-state index contributed by atoms with van der Waals surface area (Å²) in [5.74, 6) is -0.937. The minimum Gasteiger partial charge on any atom is -0.480 e. The maximum atomic E-state index is 12.7. The number of alkyl carbamates (subject to hydrolysis) is 1. The van der Waals surface area contributed by atoms with E-state index in [1.165, 1.54) is 11.1 Å². The van der Waals surface area contributed by atoms with Gasteiger partial charge in [-0.15, -0.1) is 0 Å². The Labute approximate surface area is 210 Å². The molecule has 0 saturated heterocycles. The molecule has 8 heteroatoms. The van der Waals surface area contributed by atoms with Crippen LogP contribution in [0.25, 0.3) is 11.1 Å². The average Bonchev–Trinajstić information content (AvgIpc) is 3.19. The number of benzene rings is 2. The molecule has 0 unspecified atom stereocenters. The summed E-state index contributed by atoms with van der Waals surface area (Å²) in [5.41, 5.74) is 4.67. The lowest BCUT2D eigenvalue weighted by Crippen LogP contribution is -2.47. The quantitative estimate of drug-likeness (QED) is 0.475. The number of carboxylic acid groups (broad SMARTS) is 1. The van der Waals surface area contributed by atoms with Gasteiger partial charge in [0.2, 0.25) is 5.91 Å². The van der Waals surface area contributed by atoms with Gasteiger partial charge in [-0.2, -0.15) is 11.8 Å². The number of hydrogen-bond donors (Lipinski definition) is 3. The Morgan fingerprint density at radius 1 is 1.06 bits per heavy atom. The van der Waals surface area contributed by atoms with Crippen LogP contribution in [0.1, 0.15) is 49.1 Å². The van der Waals surface area contributed by atoms with Crippen molar-refractivity contribution >= 4 is 29.7 Å². The molecule has 3 N–H and O–H groups in total. The second-order valence-electron chi connectivity index (χ2n) is 9.21. The predicted molar refractivity (Wildman–Crippen MR) is 137 cm³/mol. The normalized spacial score (nSPS) is 19.8. The van der Waals surface area contributed by atoms with E-state index in [0.29, 0.717) is 25.0 Å². The van der Waals surface area contributed by atoms with E-state index in [2.05, 4.69) is 34.9 Å². The number of hydrogen-bond acceptors (Lipinski definition) is 5. The van der Waals surface area contributed by atoms with Crippen molar-refractivity contribution in [3.63, 3.8) is 0 Å². The Kier molecular flexibility index (Phi) is 8.33. The Bertz CT molecular complexity index is 1030. The lowest BCUT2D eigenvalue weighted by Gasteiger charge is -2.29. The summed E-state index contributed by atoms with van der Waals surface area (Å²) < 4.78 is 5.65. The van der Waals surface area contributed by atoms with Gasteiger partial charge in [-0.3, -0.25) is 4.79 Å². The van der Waals surface area contributed by atoms with Crippen molar-refractivity contribution < 1.29 is 24.2 Å². The highest BCUT2D eigenvalue weighted by molar-refractivity contribution is 7.98. The van der Waals surface area contributed by atoms with Gasteiger partial charge in [0, 0.05) is 17.9 Å². The van der Waals surface area contributed by atoms with E-state index in [1.807, 2.05) is 30.5 Å². The maximum Gasteiger partial charge on any atom is 0.407 e. The SMILES string of the molecule is CSCC[C@H](NC(=O)[C@@H]1CCC[C@@H](NC(=O)OCC2c3ccccc3-c3ccccc32)C1)C(=O)O. The number of fused-ring (bicyclic) bond motifs is 3. The highest BCUT2D eigenvalue weighted by Gasteiger charge is 2.32. The summed E-state index contributed by atoms with van der Waals surface area (Å²) in [6, 6.07) is 15.3. The molecule has 0 aliphatic heterocycles. The minimum absolute atomic E-state index is 0.00716. The molecule has 2 aromatic rings. The molecule has 4 rings (SSSR count). The van der Waals surface area contributed by atoms with Crippen LogP contribution in [0.5, 0.6) is 0 Å². The predicted octanol–water partition coefficient (Wildman–Crippen LogP) is 4.41. The molecule has 1 saturated carbocycles. The van der Waals surface area contributed by atoms with E-state index in [9.17, 15) is 19.5 Å². The van der Waals surface area contributed by atoms with Crippen molar-refractivity contribution in [3.05, 3.63) is 59.7 Å². The van der Waals surface area contributed by atoms with Crippen LogP contribution in [0.2, 0.25) is 0 Å². The zero-order valence-electron chi connectivity index (χ0n) is 19.9. The smallest absolute Gasteiger partial charge is 0.407 e. The topological polar surface area (TPSA) is 105 Å². The third-order valence-electron chi connectivity index (χ3n) is 6.94. The molecule has 2 aromatic carbocycles. The van der Waals surface area contributed by atoms with Crippen LogP contribution >= 0.6 is 11.8 Å². The van der Waals surface area contributed by atoms with Crippen molar-refractivity contribution in [3.8, 4) is 11.1 Å². The second-order valence-corrected chi connectivity index (χ2v) is 10.2. The van der Waals surface area contributed by atoms with Crippen molar-refractivity contribution in [2.75, 3.05) is 18.6 Å². The molecule has 0 aromatic heterocycles. The number of thioether (sulfide) groups is 1. The van der Waals surface area contributed by atoms with E-state index in [-0.39, 0.29) is 30.4 Å². The fraction of sp³-hybridized carbons (Fsp3) is 0.444. The van der Waals surface area contributed by atoms with E-state index >= 15 is 0 Å². The number of ether oxygens (including phenoxy) is 1. The van der Waals surface area contributed by atoms with Crippen molar-refractivity contribution in [1.29, 1.82) is 0 Å². The molecule has 1 fully saturated rings. The number of nitrogens with one attached hydrogen (secondary N) is 2. The molecule has 186 valence electrons. The highest BCUT2D eigenvalue weighted by Crippen LogP contribution is 2.44. The standard InChI is InChI=1S/C27H32N2O5S/c1-35-14-13-24(26(31)32)29-25(30)17-7-6-8-18(15-17)28-27(33)34-16-23-21-11-4-2-9-19(21)20-10-3-5-12-22(20)23/h2-5,9-12,17-18,23-24H,6-8,13-16H2,1H3,(H,28,33)(H,29,30)(H,31,32)/t17-,18-,24+/m1/s1. The average molecular weight is 497 g/mol. The van der Waals surface area contributed by atoms with Crippen LogP contribution in [-0.4, -0.2) is 53.8 Å². The first-order valence-electron chi connectivity index (χ1n) is 12.1. The van der Waals surface area contributed by atoms with Gasteiger partial charge in [0.15, 0.2) is 0 Å². The monoisotopic (exact) mass is 496 g/mol. The Morgan fingerprint density at radius 3 is 2.34 bits per heavy atom.